The lowest BCUT2D eigenvalue weighted by molar-refractivity contribution is -0.383. The van der Waals surface area contributed by atoms with Gasteiger partial charge in [-0.3, -0.25) is 19.7 Å². The summed E-state index contributed by atoms with van der Waals surface area (Å²) in [4.78, 5) is 35.1. The Bertz CT molecular complexity index is 829. The highest BCUT2D eigenvalue weighted by Crippen LogP contribution is 2.23. The van der Waals surface area contributed by atoms with E-state index >= 15 is 0 Å². The maximum Gasteiger partial charge on any atom is 0.307 e. The van der Waals surface area contributed by atoms with Crippen LogP contribution in [0, 0.1) is 15.9 Å². The summed E-state index contributed by atoms with van der Waals surface area (Å²) in [6.45, 7) is 1.38. The molecule has 2 rings (SSSR count). The molecule has 7 nitrogen and oxygen atoms in total. The zero-order valence-electron chi connectivity index (χ0n) is 14.4. The highest BCUT2D eigenvalue weighted by molar-refractivity contribution is 7.99. The summed E-state index contributed by atoms with van der Waals surface area (Å²) >= 11 is 1.36. The number of amides is 1. The molecule has 1 N–H and O–H groups in total. The molecule has 27 heavy (non-hydrogen) atoms. The van der Waals surface area contributed by atoms with E-state index in [0.717, 1.165) is 4.90 Å². The normalized spacial score (nSPS) is 11.5. The van der Waals surface area contributed by atoms with Gasteiger partial charge in [0.1, 0.15) is 11.5 Å². The summed E-state index contributed by atoms with van der Waals surface area (Å²) in [6, 6.07) is 11.6. The van der Waals surface area contributed by atoms with Crippen molar-refractivity contribution in [2.75, 3.05) is 11.1 Å². The van der Waals surface area contributed by atoms with Crippen LogP contribution in [0.2, 0.25) is 0 Å². The molecule has 0 spiro atoms. The maximum absolute atomic E-state index is 12.8. The highest BCUT2D eigenvalue weighted by atomic mass is 32.2. The van der Waals surface area contributed by atoms with E-state index in [1.54, 1.807) is 18.2 Å². The lowest BCUT2D eigenvalue weighted by atomic mass is 10.2. The van der Waals surface area contributed by atoms with Crippen LogP contribution in [0.3, 0.4) is 0 Å². The number of rotatable bonds is 8. The summed E-state index contributed by atoms with van der Waals surface area (Å²) < 4.78 is 17.9. The third-order valence-corrected chi connectivity index (χ3v) is 4.44. The van der Waals surface area contributed by atoms with Crippen molar-refractivity contribution in [3.05, 3.63) is 64.5 Å². The van der Waals surface area contributed by atoms with E-state index in [9.17, 15) is 24.1 Å². The summed E-state index contributed by atoms with van der Waals surface area (Å²) in [5.41, 5.74) is -0.220. The monoisotopic (exact) mass is 392 g/mol. The van der Waals surface area contributed by atoms with Gasteiger partial charge in [-0.1, -0.05) is 12.1 Å². The van der Waals surface area contributed by atoms with Crippen molar-refractivity contribution in [3.63, 3.8) is 0 Å². The molecule has 9 heteroatoms. The SMILES string of the molecule is C[C@H](OC(=O)CCSc1ccc(F)cc1)C(=O)Nc1ccccc1[N+](=O)[O-]. The highest BCUT2D eigenvalue weighted by Gasteiger charge is 2.21. The van der Waals surface area contributed by atoms with Crippen LogP contribution < -0.4 is 5.32 Å². The molecule has 2 aromatic carbocycles. The smallest absolute Gasteiger partial charge is 0.307 e. The number of thioether (sulfide) groups is 1. The van der Waals surface area contributed by atoms with Crippen molar-refractivity contribution < 1.29 is 23.6 Å². The second kappa shape index (κ2) is 9.67. The van der Waals surface area contributed by atoms with Gasteiger partial charge in [-0.2, -0.15) is 0 Å². The number of halogens is 1. The largest absolute Gasteiger partial charge is 0.453 e. The molecule has 0 saturated carbocycles. The van der Waals surface area contributed by atoms with E-state index in [4.69, 9.17) is 4.74 Å². The number of para-hydroxylation sites is 2. The van der Waals surface area contributed by atoms with Gasteiger partial charge in [0, 0.05) is 16.7 Å². The molecule has 0 unspecified atom stereocenters. The molecule has 1 amide bonds. The molecule has 0 aliphatic rings. The Balaban J connectivity index is 1.80. The lowest BCUT2D eigenvalue weighted by Crippen LogP contribution is -2.30. The van der Waals surface area contributed by atoms with Crippen molar-refractivity contribution in [2.45, 2.75) is 24.3 Å². The first-order valence-electron chi connectivity index (χ1n) is 7.99. The van der Waals surface area contributed by atoms with Gasteiger partial charge >= 0.3 is 5.97 Å². The molecular formula is C18H17FN2O5S. The average Bonchev–Trinajstić information content (AvgIpc) is 2.63. The first-order chi connectivity index (χ1) is 12.9. The third kappa shape index (κ3) is 6.37. The maximum atomic E-state index is 12.8. The van der Waals surface area contributed by atoms with Gasteiger partial charge in [0.25, 0.3) is 11.6 Å². The van der Waals surface area contributed by atoms with Crippen LogP contribution in [0.25, 0.3) is 0 Å². The quantitative estimate of drug-likeness (QED) is 0.318. The Hall–Kier alpha value is -2.94. The molecule has 142 valence electrons. The minimum absolute atomic E-state index is 0.0299. The minimum atomic E-state index is -1.10. The van der Waals surface area contributed by atoms with E-state index < -0.39 is 22.9 Å². The summed E-state index contributed by atoms with van der Waals surface area (Å²) in [6.07, 6.45) is -1.04. The van der Waals surface area contributed by atoms with Crippen molar-refractivity contribution >= 4 is 35.0 Å². The fourth-order valence-corrected chi connectivity index (χ4v) is 2.90. The van der Waals surface area contributed by atoms with Crippen LogP contribution in [-0.2, 0) is 14.3 Å². The van der Waals surface area contributed by atoms with Gasteiger partial charge in [0.2, 0.25) is 0 Å². The Morgan fingerprint density at radius 1 is 1.22 bits per heavy atom. The Morgan fingerprint density at radius 2 is 1.89 bits per heavy atom. The summed E-state index contributed by atoms with van der Waals surface area (Å²) in [5.74, 6) is -1.17. The molecule has 0 fully saturated rings. The van der Waals surface area contributed by atoms with Crippen molar-refractivity contribution in [2.24, 2.45) is 0 Å². The van der Waals surface area contributed by atoms with Gasteiger partial charge in [-0.05, 0) is 37.3 Å². The van der Waals surface area contributed by atoms with Crippen LogP contribution in [0.4, 0.5) is 15.8 Å². The van der Waals surface area contributed by atoms with Gasteiger partial charge < -0.3 is 10.1 Å². The van der Waals surface area contributed by atoms with Gasteiger partial charge in [-0.25, -0.2) is 4.39 Å². The minimum Gasteiger partial charge on any atom is -0.453 e. The lowest BCUT2D eigenvalue weighted by Gasteiger charge is -2.13. The van der Waals surface area contributed by atoms with E-state index in [1.807, 2.05) is 0 Å². The number of esters is 1. The number of hydrogen-bond acceptors (Lipinski definition) is 6. The number of ether oxygens (including phenoxy) is 1. The Kier molecular flexibility index (Phi) is 7.30. The zero-order valence-corrected chi connectivity index (χ0v) is 15.2. The van der Waals surface area contributed by atoms with Gasteiger partial charge in [0.05, 0.1) is 11.3 Å². The number of nitrogens with zero attached hydrogens (tertiary/aromatic N) is 1. The standard InChI is InChI=1S/C18H17FN2O5S/c1-12(18(23)20-15-4-2-3-5-16(15)21(24)25)26-17(22)10-11-27-14-8-6-13(19)7-9-14/h2-9,12H,10-11H2,1H3,(H,20,23)/t12-/m0/s1. The number of carbonyl (C=O) groups is 2. The number of nitro benzene ring substituents is 1. The average molecular weight is 392 g/mol. The molecule has 0 bridgehead atoms. The molecule has 2 aromatic rings. The molecule has 1 atom stereocenters. The first-order valence-corrected chi connectivity index (χ1v) is 8.97. The molecule has 0 aliphatic carbocycles. The molecule has 0 saturated heterocycles. The number of nitrogens with one attached hydrogen (secondary N) is 1. The van der Waals surface area contributed by atoms with Gasteiger partial charge in [-0.15, -0.1) is 11.8 Å². The van der Waals surface area contributed by atoms with Crippen LogP contribution in [0.15, 0.2) is 53.4 Å². The van der Waals surface area contributed by atoms with Crippen molar-refractivity contribution in [1.82, 2.24) is 0 Å². The Morgan fingerprint density at radius 3 is 2.56 bits per heavy atom. The second-order valence-corrected chi connectivity index (χ2v) is 6.62. The van der Waals surface area contributed by atoms with Crippen molar-refractivity contribution in [3.8, 4) is 0 Å². The number of carbonyl (C=O) groups excluding carboxylic acids is 2. The van der Waals surface area contributed by atoms with E-state index in [1.165, 1.54) is 49.0 Å². The Labute approximate surface area is 159 Å². The fraction of sp³-hybridized carbons (Fsp3) is 0.222. The molecular weight excluding hydrogens is 375 g/mol. The van der Waals surface area contributed by atoms with E-state index in [2.05, 4.69) is 5.32 Å². The number of nitro groups is 1. The van der Waals surface area contributed by atoms with E-state index in [0.29, 0.717) is 5.75 Å². The molecule has 0 heterocycles. The van der Waals surface area contributed by atoms with Crippen LogP contribution >= 0.6 is 11.8 Å². The first kappa shape index (κ1) is 20.4. The summed E-state index contributed by atoms with van der Waals surface area (Å²) in [7, 11) is 0. The van der Waals surface area contributed by atoms with Crippen LogP contribution in [-0.4, -0.2) is 28.7 Å². The van der Waals surface area contributed by atoms with Crippen LogP contribution in [0.1, 0.15) is 13.3 Å². The van der Waals surface area contributed by atoms with Crippen LogP contribution in [0.5, 0.6) is 0 Å². The van der Waals surface area contributed by atoms with Crippen molar-refractivity contribution in [1.29, 1.82) is 0 Å². The number of benzene rings is 2. The fourth-order valence-electron chi connectivity index (χ4n) is 2.07. The zero-order chi connectivity index (χ0) is 19.8. The predicted octanol–water partition coefficient (Wildman–Crippen LogP) is 3.79. The van der Waals surface area contributed by atoms with E-state index in [-0.39, 0.29) is 23.6 Å². The third-order valence-electron chi connectivity index (χ3n) is 3.42. The molecule has 0 radical (unpaired) electrons. The summed E-state index contributed by atoms with van der Waals surface area (Å²) in [5, 5.41) is 13.3. The predicted molar refractivity (Wildman–Crippen MR) is 99.0 cm³/mol. The number of hydrogen-bond donors (Lipinski definition) is 1. The van der Waals surface area contributed by atoms with Gasteiger partial charge in [0.15, 0.2) is 6.10 Å². The topological polar surface area (TPSA) is 98.5 Å². The number of anilines is 1. The second-order valence-electron chi connectivity index (χ2n) is 5.45. The molecule has 0 aromatic heterocycles. The molecule has 0 aliphatic heterocycles.